The molecule has 1 saturated heterocycles. The minimum Gasteiger partial charge on any atom is -0.384 e. The molecule has 106 valence electrons. The van der Waals surface area contributed by atoms with Crippen LogP contribution in [0, 0.1) is 17.8 Å². The number of pyridine rings is 1. The number of hydrogen-bond donors (Lipinski definition) is 2. The third kappa shape index (κ3) is 3.56. The smallest absolute Gasteiger partial charge is 0.252 e. The Bertz CT molecular complexity index is 527. The monoisotopic (exact) mass is 274 g/mol. The van der Waals surface area contributed by atoms with Gasteiger partial charge in [0.05, 0.1) is 17.7 Å². The lowest BCUT2D eigenvalue weighted by Crippen LogP contribution is -2.38. The second kappa shape index (κ2) is 7.04. The lowest BCUT2D eigenvalue weighted by Gasteiger charge is -2.19. The highest BCUT2D eigenvalue weighted by Crippen LogP contribution is 2.17. The van der Waals surface area contributed by atoms with Crippen molar-refractivity contribution in [2.24, 2.45) is 5.92 Å². The van der Waals surface area contributed by atoms with Crippen LogP contribution in [0.4, 0.5) is 0 Å². The number of ether oxygens (including phenoxy) is 1. The van der Waals surface area contributed by atoms with Crippen LogP contribution in [0.15, 0.2) is 18.5 Å². The van der Waals surface area contributed by atoms with Gasteiger partial charge in [0.15, 0.2) is 0 Å². The fraction of sp³-hybridized carbons (Fsp3) is 0.467. The van der Waals surface area contributed by atoms with Gasteiger partial charge in [0.1, 0.15) is 6.61 Å². The first-order valence-corrected chi connectivity index (χ1v) is 6.64. The van der Waals surface area contributed by atoms with Crippen LogP contribution >= 0.6 is 0 Å². The Balaban J connectivity index is 2.08. The lowest BCUT2D eigenvalue weighted by molar-refractivity contribution is 0.0922. The van der Waals surface area contributed by atoms with E-state index in [2.05, 4.69) is 22.1 Å². The van der Waals surface area contributed by atoms with Crippen molar-refractivity contribution in [2.45, 2.75) is 19.4 Å². The zero-order valence-electron chi connectivity index (χ0n) is 11.4. The molecule has 0 spiro atoms. The molecule has 2 N–H and O–H groups in total. The van der Waals surface area contributed by atoms with Crippen LogP contribution in [-0.2, 0) is 4.74 Å². The summed E-state index contributed by atoms with van der Waals surface area (Å²) < 4.78 is 5.33. The van der Waals surface area contributed by atoms with E-state index in [1.54, 1.807) is 12.3 Å². The molecule has 1 aliphatic heterocycles. The predicted molar refractivity (Wildman–Crippen MR) is 74.1 cm³/mol. The first-order chi connectivity index (χ1) is 9.72. The van der Waals surface area contributed by atoms with E-state index in [1.807, 2.05) is 6.92 Å². The highest BCUT2D eigenvalue weighted by molar-refractivity contribution is 5.96. The van der Waals surface area contributed by atoms with E-state index in [0.717, 1.165) is 13.0 Å². The van der Waals surface area contributed by atoms with Crippen molar-refractivity contribution in [3.63, 3.8) is 0 Å². The summed E-state index contributed by atoms with van der Waals surface area (Å²) in [6.45, 7) is 3.19. The maximum atomic E-state index is 12.3. The Kier molecular flexibility index (Phi) is 5.10. The molecule has 2 rings (SSSR count). The van der Waals surface area contributed by atoms with Gasteiger partial charge in [-0.3, -0.25) is 9.78 Å². The summed E-state index contributed by atoms with van der Waals surface area (Å²) in [5.74, 6) is 5.45. The van der Waals surface area contributed by atoms with Crippen LogP contribution in [-0.4, -0.2) is 41.9 Å². The fourth-order valence-electron chi connectivity index (χ4n) is 2.18. The van der Waals surface area contributed by atoms with Crippen LogP contribution in [0.5, 0.6) is 0 Å². The average molecular weight is 274 g/mol. The van der Waals surface area contributed by atoms with Gasteiger partial charge in [0.2, 0.25) is 0 Å². The molecule has 1 aliphatic rings. The van der Waals surface area contributed by atoms with E-state index in [4.69, 9.17) is 9.84 Å². The number of aliphatic hydroxyl groups is 1. The Morgan fingerprint density at radius 2 is 2.55 bits per heavy atom. The maximum absolute atomic E-state index is 12.3. The Morgan fingerprint density at radius 3 is 3.25 bits per heavy atom. The van der Waals surface area contributed by atoms with E-state index in [9.17, 15) is 4.79 Å². The number of aromatic nitrogens is 1. The van der Waals surface area contributed by atoms with E-state index >= 15 is 0 Å². The van der Waals surface area contributed by atoms with Crippen LogP contribution in [0.2, 0.25) is 0 Å². The third-order valence-corrected chi connectivity index (χ3v) is 3.40. The summed E-state index contributed by atoms with van der Waals surface area (Å²) in [6, 6.07) is 1.69. The summed E-state index contributed by atoms with van der Waals surface area (Å²) in [5.41, 5.74) is 1.00. The van der Waals surface area contributed by atoms with Crippen LogP contribution in [0.1, 0.15) is 29.3 Å². The Morgan fingerprint density at radius 1 is 1.70 bits per heavy atom. The molecule has 20 heavy (non-hydrogen) atoms. The van der Waals surface area contributed by atoms with Crippen molar-refractivity contribution in [1.82, 2.24) is 10.3 Å². The van der Waals surface area contributed by atoms with E-state index in [0.29, 0.717) is 23.7 Å². The van der Waals surface area contributed by atoms with Crippen molar-refractivity contribution in [3.8, 4) is 11.8 Å². The van der Waals surface area contributed by atoms with Crippen molar-refractivity contribution in [1.29, 1.82) is 0 Å². The van der Waals surface area contributed by atoms with Gasteiger partial charge in [-0.05, 0) is 19.4 Å². The van der Waals surface area contributed by atoms with Gasteiger partial charge in [0, 0.05) is 31.0 Å². The molecular weight excluding hydrogens is 256 g/mol. The minimum absolute atomic E-state index is 0.0526. The maximum Gasteiger partial charge on any atom is 0.252 e. The summed E-state index contributed by atoms with van der Waals surface area (Å²) >= 11 is 0. The van der Waals surface area contributed by atoms with Gasteiger partial charge in [-0.15, -0.1) is 0 Å². The van der Waals surface area contributed by atoms with Crippen LogP contribution in [0.25, 0.3) is 0 Å². The van der Waals surface area contributed by atoms with Crippen molar-refractivity contribution in [2.75, 3.05) is 19.8 Å². The quantitative estimate of drug-likeness (QED) is 0.791. The van der Waals surface area contributed by atoms with Gasteiger partial charge >= 0.3 is 0 Å². The normalized spacial score (nSPS) is 19.0. The van der Waals surface area contributed by atoms with E-state index in [-0.39, 0.29) is 18.6 Å². The van der Waals surface area contributed by atoms with E-state index < -0.39 is 0 Å². The molecule has 1 amide bonds. The van der Waals surface area contributed by atoms with Crippen LogP contribution < -0.4 is 5.32 Å². The summed E-state index contributed by atoms with van der Waals surface area (Å²) in [7, 11) is 0. The lowest BCUT2D eigenvalue weighted by atomic mass is 10.00. The Hall–Kier alpha value is -1.90. The van der Waals surface area contributed by atoms with Crippen LogP contribution in [0.3, 0.4) is 0 Å². The second-order valence-corrected chi connectivity index (χ2v) is 4.77. The molecule has 2 atom stereocenters. The standard InChI is InChI=1S/C15H18N2O3/c1-11(13-5-8-20-10-13)17-15(19)14-4-6-16-9-12(14)3-2-7-18/h4,6,9,11,13,18H,5,7-8,10H2,1H3,(H,17,19). The van der Waals surface area contributed by atoms with Crippen molar-refractivity contribution >= 4 is 5.91 Å². The third-order valence-electron chi connectivity index (χ3n) is 3.40. The molecule has 5 heteroatoms. The molecule has 0 radical (unpaired) electrons. The van der Waals surface area contributed by atoms with Gasteiger partial charge in [-0.2, -0.15) is 0 Å². The van der Waals surface area contributed by atoms with Crippen molar-refractivity contribution < 1.29 is 14.6 Å². The minimum atomic E-state index is -0.244. The number of nitrogens with one attached hydrogen (secondary N) is 1. The van der Waals surface area contributed by atoms with Gasteiger partial charge < -0.3 is 15.2 Å². The van der Waals surface area contributed by atoms with Crippen molar-refractivity contribution in [3.05, 3.63) is 29.6 Å². The topological polar surface area (TPSA) is 71.5 Å². The fourth-order valence-corrected chi connectivity index (χ4v) is 2.18. The molecule has 0 saturated carbocycles. The molecule has 2 heterocycles. The summed E-state index contributed by atoms with van der Waals surface area (Å²) in [6.07, 6.45) is 4.05. The molecule has 1 aromatic rings. The molecule has 1 aromatic heterocycles. The largest absolute Gasteiger partial charge is 0.384 e. The number of carbonyl (C=O) groups excluding carboxylic acids is 1. The summed E-state index contributed by atoms with van der Waals surface area (Å²) in [5, 5.41) is 11.7. The zero-order chi connectivity index (χ0) is 14.4. The summed E-state index contributed by atoms with van der Waals surface area (Å²) in [4.78, 5) is 16.2. The molecular formula is C15H18N2O3. The van der Waals surface area contributed by atoms with Gasteiger partial charge in [-0.25, -0.2) is 0 Å². The second-order valence-electron chi connectivity index (χ2n) is 4.77. The first-order valence-electron chi connectivity index (χ1n) is 6.64. The van der Waals surface area contributed by atoms with E-state index in [1.165, 1.54) is 6.20 Å². The molecule has 5 nitrogen and oxygen atoms in total. The zero-order valence-corrected chi connectivity index (χ0v) is 11.4. The highest BCUT2D eigenvalue weighted by Gasteiger charge is 2.24. The molecule has 0 aromatic carbocycles. The molecule has 2 unspecified atom stereocenters. The van der Waals surface area contributed by atoms with Gasteiger partial charge in [0.25, 0.3) is 5.91 Å². The molecule has 0 aliphatic carbocycles. The number of carbonyl (C=O) groups is 1. The number of aliphatic hydroxyl groups excluding tert-OH is 1. The number of rotatable bonds is 3. The number of nitrogens with zero attached hydrogens (tertiary/aromatic N) is 1. The molecule has 1 fully saturated rings. The Labute approximate surface area is 118 Å². The van der Waals surface area contributed by atoms with Gasteiger partial charge in [-0.1, -0.05) is 11.8 Å². The number of hydrogen-bond acceptors (Lipinski definition) is 4. The molecule has 0 bridgehead atoms. The predicted octanol–water partition coefficient (Wildman–Crippen LogP) is 0.580. The SMILES string of the molecule is CC(NC(=O)c1ccncc1C#CCO)C1CCOC1. The number of amides is 1. The average Bonchev–Trinajstić information content (AvgIpc) is 2.99. The first kappa shape index (κ1) is 14.5. The highest BCUT2D eigenvalue weighted by atomic mass is 16.5.